The number of hydrogen-bond donors (Lipinski definition) is 1. The quantitative estimate of drug-likeness (QED) is 0.668. The van der Waals surface area contributed by atoms with Gasteiger partial charge in [0, 0.05) is 0 Å². The average Bonchev–Trinajstić information content (AvgIpc) is 1.90. The van der Waals surface area contributed by atoms with Crippen LogP contribution < -0.4 is 0 Å². The van der Waals surface area contributed by atoms with Crippen molar-refractivity contribution in [1.29, 1.82) is 0 Å². The highest BCUT2D eigenvalue weighted by Gasteiger charge is 2.01. The third-order valence-electron chi connectivity index (χ3n) is 1.39. The van der Waals surface area contributed by atoms with E-state index < -0.39 is 0 Å². The van der Waals surface area contributed by atoms with E-state index in [-0.39, 0.29) is 6.61 Å². The van der Waals surface area contributed by atoms with Gasteiger partial charge in [-0.05, 0) is 22.9 Å². The first-order valence-electron chi connectivity index (χ1n) is 2.98. The molecule has 0 radical (unpaired) electrons. The van der Waals surface area contributed by atoms with Crippen LogP contribution in [0.1, 0.15) is 12.8 Å². The van der Waals surface area contributed by atoms with Gasteiger partial charge in [0.1, 0.15) is 0 Å². The van der Waals surface area contributed by atoms with Crippen LogP contribution in [0.2, 0.25) is 0 Å². The van der Waals surface area contributed by atoms with Crippen molar-refractivity contribution in [1.82, 2.24) is 0 Å². The van der Waals surface area contributed by atoms with Crippen LogP contribution in [0.25, 0.3) is 0 Å². The summed E-state index contributed by atoms with van der Waals surface area (Å²) in [5.41, 5.74) is 1.12. The van der Waals surface area contributed by atoms with Crippen molar-refractivity contribution in [2.24, 2.45) is 0 Å². The standard InChI is InChI=1S/C7H9BrO/c8-7-3-1-6(5-9)2-4-7/h1,3,9H,2,4-5H2. The molecule has 0 atom stereocenters. The second-order valence-electron chi connectivity index (χ2n) is 2.10. The maximum Gasteiger partial charge on any atom is 0.0644 e. The van der Waals surface area contributed by atoms with Gasteiger partial charge in [0.25, 0.3) is 0 Å². The molecular formula is C7H9BrO. The molecular weight excluding hydrogens is 180 g/mol. The molecule has 0 unspecified atom stereocenters. The lowest BCUT2D eigenvalue weighted by atomic mass is 10.1. The smallest absolute Gasteiger partial charge is 0.0644 e. The Bertz CT molecular complexity index is 158. The van der Waals surface area contributed by atoms with Crippen molar-refractivity contribution in [3.05, 3.63) is 22.2 Å². The van der Waals surface area contributed by atoms with E-state index >= 15 is 0 Å². The van der Waals surface area contributed by atoms with E-state index in [4.69, 9.17) is 5.11 Å². The molecule has 9 heavy (non-hydrogen) atoms. The van der Waals surface area contributed by atoms with Gasteiger partial charge in [-0.3, -0.25) is 0 Å². The lowest BCUT2D eigenvalue weighted by Gasteiger charge is -2.06. The van der Waals surface area contributed by atoms with Crippen molar-refractivity contribution in [2.75, 3.05) is 6.61 Å². The molecule has 0 saturated carbocycles. The van der Waals surface area contributed by atoms with Crippen LogP contribution in [-0.4, -0.2) is 11.7 Å². The summed E-state index contributed by atoms with van der Waals surface area (Å²) in [5, 5.41) is 8.66. The van der Waals surface area contributed by atoms with Gasteiger partial charge in [-0.1, -0.05) is 28.1 Å². The first-order valence-corrected chi connectivity index (χ1v) is 3.77. The van der Waals surface area contributed by atoms with E-state index in [0.29, 0.717) is 0 Å². The van der Waals surface area contributed by atoms with Crippen LogP contribution in [0.15, 0.2) is 22.2 Å². The Hall–Kier alpha value is -0.0800. The summed E-state index contributed by atoms with van der Waals surface area (Å²) in [6.45, 7) is 0.205. The van der Waals surface area contributed by atoms with E-state index in [1.165, 1.54) is 4.48 Å². The van der Waals surface area contributed by atoms with Gasteiger partial charge in [-0.15, -0.1) is 0 Å². The Labute approximate surface area is 63.2 Å². The molecule has 1 nitrogen and oxygen atoms in total. The summed E-state index contributed by atoms with van der Waals surface area (Å²) in [6, 6.07) is 0. The van der Waals surface area contributed by atoms with Gasteiger partial charge in [0.2, 0.25) is 0 Å². The first kappa shape index (κ1) is 7.03. The molecule has 0 aromatic heterocycles. The summed E-state index contributed by atoms with van der Waals surface area (Å²) >= 11 is 3.38. The largest absolute Gasteiger partial charge is 0.392 e. The van der Waals surface area contributed by atoms with Gasteiger partial charge in [0.15, 0.2) is 0 Å². The monoisotopic (exact) mass is 188 g/mol. The number of allylic oxidation sites excluding steroid dienone is 3. The highest BCUT2D eigenvalue weighted by molar-refractivity contribution is 9.11. The molecule has 0 amide bonds. The van der Waals surface area contributed by atoms with Crippen molar-refractivity contribution >= 4 is 15.9 Å². The first-order chi connectivity index (χ1) is 4.33. The Morgan fingerprint density at radius 3 is 2.67 bits per heavy atom. The zero-order chi connectivity index (χ0) is 6.69. The molecule has 0 aromatic rings. The Morgan fingerprint density at radius 2 is 2.22 bits per heavy atom. The van der Waals surface area contributed by atoms with Gasteiger partial charge < -0.3 is 5.11 Å². The fraction of sp³-hybridized carbons (Fsp3) is 0.429. The molecule has 1 rings (SSSR count). The fourth-order valence-corrected chi connectivity index (χ4v) is 1.12. The number of rotatable bonds is 1. The Kier molecular flexibility index (Phi) is 2.49. The van der Waals surface area contributed by atoms with Crippen LogP contribution in [0.4, 0.5) is 0 Å². The van der Waals surface area contributed by atoms with E-state index in [2.05, 4.69) is 15.9 Å². The number of aliphatic hydroxyl groups is 1. The topological polar surface area (TPSA) is 20.2 Å². The molecule has 0 heterocycles. The molecule has 0 fully saturated rings. The van der Waals surface area contributed by atoms with Gasteiger partial charge >= 0.3 is 0 Å². The van der Waals surface area contributed by atoms with Crippen molar-refractivity contribution in [3.8, 4) is 0 Å². The molecule has 0 spiro atoms. The lowest BCUT2D eigenvalue weighted by molar-refractivity contribution is 0.326. The maximum absolute atomic E-state index is 8.66. The summed E-state index contributed by atoms with van der Waals surface area (Å²) in [4.78, 5) is 0. The lowest BCUT2D eigenvalue weighted by Crippen LogP contribution is -1.93. The fourth-order valence-electron chi connectivity index (χ4n) is 0.787. The van der Waals surface area contributed by atoms with Crippen LogP contribution >= 0.6 is 15.9 Å². The number of halogens is 1. The molecule has 0 saturated heterocycles. The molecule has 2 heteroatoms. The van der Waals surface area contributed by atoms with Crippen molar-refractivity contribution in [2.45, 2.75) is 12.8 Å². The minimum Gasteiger partial charge on any atom is -0.392 e. The van der Waals surface area contributed by atoms with Crippen molar-refractivity contribution in [3.63, 3.8) is 0 Å². The average molecular weight is 189 g/mol. The highest BCUT2D eigenvalue weighted by Crippen LogP contribution is 2.21. The minimum absolute atomic E-state index is 0.205. The third-order valence-corrected chi connectivity index (χ3v) is 2.05. The predicted octanol–water partition coefficient (Wildman–Crippen LogP) is 1.98. The van der Waals surface area contributed by atoms with Crippen LogP contribution in [0.3, 0.4) is 0 Å². The van der Waals surface area contributed by atoms with E-state index in [0.717, 1.165) is 18.4 Å². The second-order valence-corrected chi connectivity index (χ2v) is 3.12. The van der Waals surface area contributed by atoms with Gasteiger partial charge in [-0.25, -0.2) is 0 Å². The maximum atomic E-state index is 8.66. The summed E-state index contributed by atoms with van der Waals surface area (Å²) in [5.74, 6) is 0. The van der Waals surface area contributed by atoms with Crippen LogP contribution in [-0.2, 0) is 0 Å². The number of aliphatic hydroxyl groups excluding tert-OH is 1. The van der Waals surface area contributed by atoms with Crippen molar-refractivity contribution < 1.29 is 5.11 Å². The molecule has 0 aliphatic heterocycles. The normalized spacial score (nSPS) is 18.9. The third kappa shape index (κ3) is 1.95. The Balaban J connectivity index is 2.59. The SMILES string of the molecule is OCC1=CC=C(Br)CC1. The Morgan fingerprint density at radius 1 is 1.44 bits per heavy atom. The second kappa shape index (κ2) is 3.18. The summed E-state index contributed by atoms with van der Waals surface area (Å²) < 4.78 is 1.22. The van der Waals surface area contributed by atoms with Crippen LogP contribution in [0, 0.1) is 0 Å². The molecule has 1 aliphatic rings. The van der Waals surface area contributed by atoms with E-state index in [1.54, 1.807) is 0 Å². The highest BCUT2D eigenvalue weighted by atomic mass is 79.9. The zero-order valence-electron chi connectivity index (χ0n) is 5.10. The minimum atomic E-state index is 0.205. The van der Waals surface area contributed by atoms with E-state index in [1.807, 2.05) is 12.2 Å². The van der Waals surface area contributed by atoms with Crippen LogP contribution in [0.5, 0.6) is 0 Å². The molecule has 0 bridgehead atoms. The summed E-state index contributed by atoms with van der Waals surface area (Å²) in [6.07, 6.45) is 5.99. The van der Waals surface area contributed by atoms with Gasteiger partial charge in [0.05, 0.1) is 6.61 Å². The predicted molar refractivity (Wildman–Crippen MR) is 41.4 cm³/mol. The molecule has 1 aliphatic carbocycles. The van der Waals surface area contributed by atoms with Gasteiger partial charge in [-0.2, -0.15) is 0 Å². The molecule has 0 aromatic carbocycles. The molecule has 50 valence electrons. The zero-order valence-corrected chi connectivity index (χ0v) is 6.69. The van der Waals surface area contributed by atoms with E-state index in [9.17, 15) is 0 Å². The number of hydrogen-bond acceptors (Lipinski definition) is 1. The summed E-state index contributed by atoms with van der Waals surface area (Å²) in [7, 11) is 0. The molecule has 1 N–H and O–H groups in total.